The number of benzene rings is 1. The van der Waals surface area contributed by atoms with Crippen LogP contribution < -0.4 is 0 Å². The molecule has 1 aliphatic rings. The molecule has 1 N–H and O–H groups in total. The maximum Gasteiger partial charge on any atom is 0.0471 e. The molecule has 0 saturated heterocycles. The van der Waals surface area contributed by atoms with Crippen LogP contribution in [-0.4, -0.2) is 4.98 Å². The molecular formula is C20H18BrN. The Morgan fingerprint density at radius 1 is 1.14 bits per heavy atom. The highest BCUT2D eigenvalue weighted by atomic mass is 79.9. The van der Waals surface area contributed by atoms with E-state index < -0.39 is 0 Å². The van der Waals surface area contributed by atoms with Crippen LogP contribution >= 0.6 is 15.9 Å². The van der Waals surface area contributed by atoms with Crippen molar-refractivity contribution in [2.24, 2.45) is 0 Å². The number of aryl methyl sites for hydroxylation is 2. The van der Waals surface area contributed by atoms with E-state index in [1.54, 1.807) is 5.57 Å². The van der Waals surface area contributed by atoms with E-state index in [2.05, 4.69) is 70.3 Å². The third kappa shape index (κ3) is 2.22. The standard InChI is InChI=1S/C20H18BrN/c1-13-11-18-17(15(13)9-8-14-5-2-3-6-14)12-19-16(20(18)21)7-4-10-22-19/h2-5,7,10-12,22H,6,8-9H2,1H3. The summed E-state index contributed by atoms with van der Waals surface area (Å²) in [5.41, 5.74) is 5.62. The number of aromatic nitrogens is 1. The molecular weight excluding hydrogens is 334 g/mol. The first-order chi connectivity index (χ1) is 10.7. The van der Waals surface area contributed by atoms with E-state index in [0.29, 0.717) is 0 Å². The zero-order valence-corrected chi connectivity index (χ0v) is 14.2. The fourth-order valence-corrected chi connectivity index (χ4v) is 4.12. The van der Waals surface area contributed by atoms with E-state index >= 15 is 0 Å². The van der Waals surface area contributed by atoms with Crippen LogP contribution in [0, 0.1) is 6.92 Å². The van der Waals surface area contributed by atoms with Crippen molar-refractivity contribution in [2.75, 3.05) is 0 Å². The van der Waals surface area contributed by atoms with Gasteiger partial charge in [0.15, 0.2) is 0 Å². The summed E-state index contributed by atoms with van der Waals surface area (Å²) in [6.07, 6.45) is 12.1. The van der Waals surface area contributed by atoms with Crippen molar-refractivity contribution in [3.8, 4) is 0 Å². The lowest BCUT2D eigenvalue weighted by molar-refractivity contribution is 0.921. The molecule has 22 heavy (non-hydrogen) atoms. The van der Waals surface area contributed by atoms with Crippen LogP contribution in [0.15, 0.2) is 58.7 Å². The summed E-state index contributed by atoms with van der Waals surface area (Å²) >= 11 is 3.81. The quantitative estimate of drug-likeness (QED) is 0.577. The van der Waals surface area contributed by atoms with Gasteiger partial charge >= 0.3 is 0 Å². The van der Waals surface area contributed by atoms with Crippen LogP contribution in [0.25, 0.3) is 21.7 Å². The van der Waals surface area contributed by atoms with Gasteiger partial charge in [-0.3, -0.25) is 0 Å². The predicted molar refractivity (Wildman–Crippen MR) is 98.4 cm³/mol. The summed E-state index contributed by atoms with van der Waals surface area (Å²) in [5, 5.41) is 3.96. The van der Waals surface area contributed by atoms with Gasteiger partial charge in [-0.2, -0.15) is 0 Å². The monoisotopic (exact) mass is 351 g/mol. The maximum atomic E-state index is 3.81. The molecule has 0 bridgehead atoms. The number of pyridine rings is 1. The molecule has 2 heteroatoms. The van der Waals surface area contributed by atoms with E-state index in [0.717, 1.165) is 19.3 Å². The molecule has 0 unspecified atom stereocenters. The minimum absolute atomic E-state index is 1.12. The highest BCUT2D eigenvalue weighted by molar-refractivity contribution is 9.10. The predicted octanol–water partition coefficient (Wildman–Crippen LogP) is 6.21. The van der Waals surface area contributed by atoms with Crippen molar-refractivity contribution in [3.63, 3.8) is 0 Å². The van der Waals surface area contributed by atoms with Crippen LogP contribution in [0.4, 0.5) is 0 Å². The molecule has 1 aliphatic carbocycles. The minimum Gasteiger partial charge on any atom is -0.361 e. The normalized spacial score (nSPS) is 14.2. The van der Waals surface area contributed by atoms with E-state index in [1.165, 1.54) is 37.3 Å². The summed E-state index contributed by atoms with van der Waals surface area (Å²) in [6.45, 7) is 2.23. The Bertz CT molecular complexity index is 928. The molecule has 0 radical (unpaired) electrons. The zero-order valence-electron chi connectivity index (χ0n) is 12.6. The van der Waals surface area contributed by atoms with Gasteiger partial charge in [-0.05, 0) is 82.2 Å². The van der Waals surface area contributed by atoms with Crippen molar-refractivity contribution < 1.29 is 0 Å². The number of fused-ring (bicyclic) bond motifs is 2. The summed E-state index contributed by atoms with van der Waals surface area (Å²) < 4.78 is 1.20. The van der Waals surface area contributed by atoms with Gasteiger partial charge in [0.2, 0.25) is 0 Å². The summed E-state index contributed by atoms with van der Waals surface area (Å²) in [4.78, 5) is 3.37. The fourth-order valence-electron chi connectivity index (χ4n) is 3.45. The van der Waals surface area contributed by atoms with Gasteiger partial charge in [0.25, 0.3) is 0 Å². The van der Waals surface area contributed by atoms with Crippen molar-refractivity contribution in [1.29, 1.82) is 0 Å². The van der Waals surface area contributed by atoms with E-state index in [1.807, 2.05) is 6.20 Å². The number of aromatic amines is 1. The second kappa shape index (κ2) is 5.44. The summed E-state index contributed by atoms with van der Waals surface area (Å²) in [6, 6.07) is 8.84. The van der Waals surface area contributed by atoms with Crippen molar-refractivity contribution >= 4 is 37.6 Å². The molecule has 0 saturated carbocycles. The molecule has 2 aromatic carbocycles. The van der Waals surface area contributed by atoms with Gasteiger partial charge in [0.1, 0.15) is 0 Å². The lowest BCUT2D eigenvalue weighted by Crippen LogP contribution is -1.89. The first-order valence-electron chi connectivity index (χ1n) is 7.76. The number of halogens is 1. The van der Waals surface area contributed by atoms with Crippen molar-refractivity contribution in [3.05, 3.63) is 69.9 Å². The van der Waals surface area contributed by atoms with Gasteiger partial charge in [0.05, 0.1) is 0 Å². The maximum absolute atomic E-state index is 3.81. The Morgan fingerprint density at radius 3 is 2.86 bits per heavy atom. The van der Waals surface area contributed by atoms with Crippen LogP contribution in [0.1, 0.15) is 24.0 Å². The molecule has 0 atom stereocenters. The van der Waals surface area contributed by atoms with Crippen molar-refractivity contribution in [1.82, 2.24) is 4.98 Å². The Labute approximate surface area is 138 Å². The van der Waals surface area contributed by atoms with Gasteiger partial charge in [-0.25, -0.2) is 0 Å². The Morgan fingerprint density at radius 2 is 2.05 bits per heavy atom. The van der Waals surface area contributed by atoms with Gasteiger partial charge < -0.3 is 4.98 Å². The topological polar surface area (TPSA) is 15.8 Å². The second-order valence-electron chi connectivity index (χ2n) is 6.05. The Balaban J connectivity index is 1.82. The smallest absolute Gasteiger partial charge is 0.0471 e. The number of nitrogens with one attached hydrogen (secondary N) is 1. The van der Waals surface area contributed by atoms with E-state index in [4.69, 9.17) is 0 Å². The molecule has 110 valence electrons. The molecule has 1 heterocycles. The second-order valence-corrected chi connectivity index (χ2v) is 6.84. The Kier molecular flexibility index (Phi) is 3.42. The molecule has 1 nitrogen and oxygen atoms in total. The van der Waals surface area contributed by atoms with Gasteiger partial charge in [0, 0.05) is 21.6 Å². The highest BCUT2D eigenvalue weighted by Crippen LogP contribution is 2.37. The summed E-state index contributed by atoms with van der Waals surface area (Å²) in [5.74, 6) is 0. The first kappa shape index (κ1) is 13.8. The van der Waals surface area contributed by atoms with E-state index in [9.17, 15) is 0 Å². The molecule has 4 rings (SSSR count). The number of rotatable bonds is 3. The molecule has 0 spiro atoms. The van der Waals surface area contributed by atoms with Crippen LogP contribution in [-0.2, 0) is 6.42 Å². The van der Waals surface area contributed by atoms with Crippen LogP contribution in [0.2, 0.25) is 0 Å². The van der Waals surface area contributed by atoms with Gasteiger partial charge in [-0.15, -0.1) is 0 Å². The number of allylic oxidation sites excluding steroid dienone is 4. The van der Waals surface area contributed by atoms with Gasteiger partial charge in [-0.1, -0.05) is 29.9 Å². The molecule has 1 aromatic heterocycles. The zero-order chi connectivity index (χ0) is 15.1. The first-order valence-corrected chi connectivity index (χ1v) is 8.55. The molecule has 0 amide bonds. The lowest BCUT2D eigenvalue weighted by Gasteiger charge is -2.07. The number of H-pyrrole nitrogens is 1. The average molecular weight is 352 g/mol. The van der Waals surface area contributed by atoms with Crippen LogP contribution in [0.3, 0.4) is 0 Å². The number of hydrogen-bond donors (Lipinski definition) is 1. The third-order valence-corrected chi connectivity index (χ3v) is 5.50. The molecule has 0 aliphatic heterocycles. The minimum atomic E-state index is 1.12. The number of hydrogen-bond acceptors (Lipinski definition) is 0. The van der Waals surface area contributed by atoms with Crippen molar-refractivity contribution in [2.45, 2.75) is 26.2 Å². The average Bonchev–Trinajstić information content (AvgIpc) is 3.14. The third-order valence-electron chi connectivity index (χ3n) is 4.65. The fraction of sp³-hybridized carbons (Fsp3) is 0.200. The van der Waals surface area contributed by atoms with Crippen LogP contribution in [0.5, 0.6) is 0 Å². The lowest BCUT2D eigenvalue weighted by atomic mass is 10.0. The van der Waals surface area contributed by atoms with E-state index in [-0.39, 0.29) is 0 Å². The SMILES string of the molecule is Cc1cc2c(Br)c3ccc[nH]c3cc2c1CCC1=CC=CC1. The highest BCUT2D eigenvalue weighted by Gasteiger charge is 2.13. The summed E-state index contributed by atoms with van der Waals surface area (Å²) in [7, 11) is 0. The Hall–Kier alpha value is -1.80. The molecule has 0 fully saturated rings. The largest absolute Gasteiger partial charge is 0.361 e. The molecule has 3 aromatic rings.